The number of hydrogen-bond acceptors (Lipinski definition) is 4. The van der Waals surface area contributed by atoms with Crippen LogP contribution in [0.3, 0.4) is 0 Å². The third-order valence-corrected chi connectivity index (χ3v) is 3.08. The van der Waals surface area contributed by atoms with Gasteiger partial charge in [0.05, 0.1) is 4.90 Å². The molecule has 0 unspecified atom stereocenters. The predicted molar refractivity (Wildman–Crippen MR) is 60.8 cm³/mol. The Morgan fingerprint density at radius 2 is 1.76 bits per heavy atom. The van der Waals surface area contributed by atoms with Gasteiger partial charge in [0.1, 0.15) is 0 Å². The van der Waals surface area contributed by atoms with Crippen molar-refractivity contribution in [3.05, 3.63) is 32.0 Å². The Balaban J connectivity index is 0. The SMILES string of the molecule is CC(C)C(=O)NS(=O)(=O)c1ccncc1.[CH3-].[V]. The number of hydrogen-bond donors (Lipinski definition) is 1. The van der Waals surface area contributed by atoms with Crippen molar-refractivity contribution in [3.8, 4) is 0 Å². The Morgan fingerprint density at radius 3 is 2.18 bits per heavy atom. The minimum Gasteiger partial charge on any atom is -0.358 e. The molecule has 0 aromatic carbocycles. The zero-order valence-electron chi connectivity index (χ0n) is 9.91. The second kappa shape index (κ2) is 7.47. The average molecular weight is 294 g/mol. The standard InChI is InChI=1S/C9H12N2O3S.CH3.V/c1-7(2)9(12)11-15(13,14)8-3-5-10-6-4-8;;/h3-7H,1-2H3,(H,11,12);1H3;/q;-1;. The Hall–Kier alpha value is -0.846. The molecule has 0 aliphatic carbocycles. The number of nitrogens with zero attached hydrogens (tertiary/aromatic N) is 1. The number of amides is 1. The Bertz CT molecular complexity index is 446. The topological polar surface area (TPSA) is 76.1 Å². The number of sulfonamides is 1. The van der Waals surface area contributed by atoms with Crippen molar-refractivity contribution in [2.75, 3.05) is 0 Å². The van der Waals surface area contributed by atoms with E-state index in [1.807, 2.05) is 4.72 Å². The molecule has 95 valence electrons. The molecular weight excluding hydrogens is 279 g/mol. The summed E-state index contributed by atoms with van der Waals surface area (Å²) < 4.78 is 25.2. The molecule has 17 heavy (non-hydrogen) atoms. The first kappa shape index (κ1) is 18.5. The van der Waals surface area contributed by atoms with Gasteiger partial charge in [-0.15, -0.1) is 0 Å². The Labute approximate surface area is 114 Å². The van der Waals surface area contributed by atoms with Crippen LogP contribution >= 0.6 is 0 Å². The first-order valence-corrected chi connectivity index (χ1v) is 5.88. The molecule has 7 heteroatoms. The monoisotopic (exact) mass is 294 g/mol. The van der Waals surface area contributed by atoms with Gasteiger partial charge in [-0.2, -0.15) is 0 Å². The van der Waals surface area contributed by atoms with Gasteiger partial charge in [0.15, 0.2) is 0 Å². The van der Waals surface area contributed by atoms with Crippen molar-refractivity contribution >= 4 is 15.9 Å². The fourth-order valence-electron chi connectivity index (χ4n) is 0.827. The van der Waals surface area contributed by atoms with Crippen LogP contribution in [0, 0.1) is 13.3 Å². The van der Waals surface area contributed by atoms with E-state index in [2.05, 4.69) is 4.98 Å². The summed E-state index contributed by atoms with van der Waals surface area (Å²) in [7, 11) is -3.74. The Morgan fingerprint density at radius 1 is 1.29 bits per heavy atom. The van der Waals surface area contributed by atoms with E-state index in [1.54, 1.807) is 13.8 Å². The molecule has 1 amide bonds. The van der Waals surface area contributed by atoms with Gasteiger partial charge in [0.2, 0.25) is 5.91 Å². The summed E-state index contributed by atoms with van der Waals surface area (Å²) in [5.74, 6) is -0.895. The van der Waals surface area contributed by atoms with Gasteiger partial charge in [-0.3, -0.25) is 9.78 Å². The molecule has 1 radical (unpaired) electrons. The molecule has 0 spiro atoms. The summed E-state index contributed by atoms with van der Waals surface area (Å²) in [5.41, 5.74) is 0. The molecular formula is C10H15N2O3SV-. The molecule has 0 fully saturated rings. The minimum absolute atomic E-state index is 0. The van der Waals surface area contributed by atoms with E-state index in [4.69, 9.17) is 0 Å². The molecule has 5 nitrogen and oxygen atoms in total. The summed E-state index contributed by atoms with van der Waals surface area (Å²) >= 11 is 0. The van der Waals surface area contributed by atoms with Crippen molar-refractivity contribution < 1.29 is 31.8 Å². The second-order valence-corrected chi connectivity index (χ2v) is 4.99. The number of pyridine rings is 1. The van der Waals surface area contributed by atoms with Gasteiger partial charge in [-0.1, -0.05) is 13.8 Å². The number of rotatable bonds is 3. The molecule has 0 aliphatic heterocycles. The van der Waals surface area contributed by atoms with Crippen LogP contribution in [0.4, 0.5) is 0 Å². The summed E-state index contributed by atoms with van der Waals surface area (Å²) in [6.45, 7) is 3.24. The average Bonchev–Trinajstić information content (AvgIpc) is 2.18. The third-order valence-electron chi connectivity index (χ3n) is 1.72. The summed E-state index contributed by atoms with van der Waals surface area (Å²) in [6, 6.07) is 2.66. The van der Waals surface area contributed by atoms with Gasteiger partial charge in [0, 0.05) is 36.9 Å². The maximum atomic E-state index is 11.6. The zero-order valence-corrected chi connectivity index (χ0v) is 12.1. The molecule has 1 N–H and O–H groups in total. The van der Waals surface area contributed by atoms with E-state index in [0.717, 1.165) is 0 Å². The third kappa shape index (κ3) is 5.34. The quantitative estimate of drug-likeness (QED) is 0.843. The van der Waals surface area contributed by atoms with E-state index in [9.17, 15) is 13.2 Å². The number of nitrogens with one attached hydrogen (secondary N) is 1. The van der Waals surface area contributed by atoms with Crippen LogP contribution in [0.25, 0.3) is 0 Å². The maximum Gasteiger partial charge on any atom is 0.264 e. The molecule has 0 bridgehead atoms. The van der Waals surface area contributed by atoms with Crippen molar-refractivity contribution in [1.82, 2.24) is 9.71 Å². The molecule has 0 saturated carbocycles. The normalized spacial score (nSPS) is 10.1. The second-order valence-electron chi connectivity index (χ2n) is 3.31. The van der Waals surface area contributed by atoms with Gasteiger partial charge in [0.25, 0.3) is 10.0 Å². The van der Waals surface area contributed by atoms with Gasteiger partial charge in [-0.25, -0.2) is 13.1 Å². The van der Waals surface area contributed by atoms with Crippen LogP contribution in [-0.2, 0) is 33.4 Å². The number of aromatic nitrogens is 1. The molecule has 0 aliphatic rings. The molecule has 1 rings (SSSR count). The molecule has 0 saturated heterocycles. The van der Waals surface area contributed by atoms with Crippen molar-refractivity contribution in [1.29, 1.82) is 0 Å². The van der Waals surface area contributed by atoms with E-state index in [1.165, 1.54) is 24.5 Å². The van der Waals surface area contributed by atoms with Gasteiger partial charge >= 0.3 is 0 Å². The summed E-state index contributed by atoms with van der Waals surface area (Å²) in [6.07, 6.45) is 2.71. The van der Waals surface area contributed by atoms with E-state index in [-0.39, 0.29) is 36.8 Å². The largest absolute Gasteiger partial charge is 0.358 e. The van der Waals surface area contributed by atoms with Crippen LogP contribution in [0.2, 0.25) is 0 Å². The van der Waals surface area contributed by atoms with Crippen LogP contribution in [0.1, 0.15) is 13.8 Å². The summed E-state index contributed by atoms with van der Waals surface area (Å²) in [4.78, 5) is 15.0. The van der Waals surface area contributed by atoms with Gasteiger partial charge < -0.3 is 7.43 Å². The fourth-order valence-corrected chi connectivity index (χ4v) is 1.93. The van der Waals surface area contributed by atoms with Crippen molar-refractivity contribution in [2.24, 2.45) is 5.92 Å². The maximum absolute atomic E-state index is 11.6. The molecule has 0 atom stereocenters. The Kier molecular flexibility index (Phi) is 8.14. The molecule has 1 heterocycles. The first-order chi connectivity index (χ1) is 6.93. The fraction of sp³-hybridized carbons (Fsp3) is 0.300. The number of carbonyl (C=O) groups excluding carboxylic acids is 1. The van der Waals surface area contributed by atoms with Crippen LogP contribution in [0.15, 0.2) is 29.4 Å². The number of carbonyl (C=O) groups is 1. The van der Waals surface area contributed by atoms with Crippen molar-refractivity contribution in [2.45, 2.75) is 18.7 Å². The smallest absolute Gasteiger partial charge is 0.264 e. The van der Waals surface area contributed by atoms with E-state index in [0.29, 0.717) is 0 Å². The first-order valence-electron chi connectivity index (χ1n) is 4.40. The van der Waals surface area contributed by atoms with Crippen molar-refractivity contribution in [3.63, 3.8) is 0 Å². The summed E-state index contributed by atoms with van der Waals surface area (Å²) in [5, 5.41) is 0. The van der Waals surface area contributed by atoms with E-state index < -0.39 is 15.9 Å². The van der Waals surface area contributed by atoms with Crippen LogP contribution in [-0.4, -0.2) is 19.3 Å². The predicted octanol–water partition coefficient (Wildman–Crippen LogP) is 0.990. The molecule has 1 aromatic rings. The molecule has 1 aromatic heterocycles. The van der Waals surface area contributed by atoms with E-state index >= 15 is 0 Å². The van der Waals surface area contributed by atoms with Gasteiger partial charge in [-0.05, 0) is 12.1 Å². The zero-order chi connectivity index (χ0) is 11.5. The van der Waals surface area contributed by atoms with Crippen LogP contribution in [0.5, 0.6) is 0 Å². The van der Waals surface area contributed by atoms with Crippen LogP contribution < -0.4 is 4.72 Å². The minimum atomic E-state index is -3.74.